The Morgan fingerprint density at radius 2 is 0.661 bits per heavy atom. The van der Waals surface area contributed by atoms with Gasteiger partial charge in [-0.15, -0.1) is 0 Å². The normalized spacial score (nSPS) is 12.1. The number of benzene rings is 4. The van der Waals surface area contributed by atoms with Gasteiger partial charge in [-0.1, -0.05) is 125 Å². The maximum atomic E-state index is 8.87. The summed E-state index contributed by atoms with van der Waals surface area (Å²) in [6.45, 7) is 39.0. The van der Waals surface area contributed by atoms with Gasteiger partial charge in [0.2, 0.25) is 45.6 Å². The Labute approximate surface area is 664 Å². The molecule has 0 aliphatic heterocycles. The number of furan rings is 4. The monoisotopic (exact) mass is 1490 g/mol. The van der Waals surface area contributed by atoms with Crippen molar-refractivity contribution in [2.45, 2.75) is 212 Å². The molecule has 4 aromatic carbocycles. The van der Waals surface area contributed by atoms with E-state index in [-0.39, 0.29) is 0 Å². The largest absolute Gasteiger partial charge is 0.437 e. The molecule has 0 fully saturated rings. The molecule has 12 heterocycles. The molecule has 12 aromatic heterocycles. The van der Waals surface area contributed by atoms with Gasteiger partial charge < -0.3 is 17.7 Å². The van der Waals surface area contributed by atoms with Crippen LogP contribution in [0.1, 0.15) is 231 Å². The van der Waals surface area contributed by atoms with Crippen LogP contribution < -0.4 is 18.3 Å². The van der Waals surface area contributed by atoms with E-state index in [9.17, 15) is 0 Å². The molecule has 0 radical (unpaired) electrons. The van der Waals surface area contributed by atoms with Gasteiger partial charge in [-0.2, -0.15) is 0 Å². The van der Waals surface area contributed by atoms with Crippen molar-refractivity contribution in [3.8, 4) is 45.0 Å². The molecule has 112 heavy (non-hydrogen) atoms. The number of aryl methyl sites for hydroxylation is 12. The fourth-order valence-corrected chi connectivity index (χ4v) is 16.9. The van der Waals surface area contributed by atoms with E-state index in [4.69, 9.17) is 29.0 Å². The summed E-state index contributed by atoms with van der Waals surface area (Å²) in [7, 11) is 8.40. The number of nitrogens with zero attached hydrogens (tertiary/aromatic N) is 8. The zero-order valence-corrected chi connectivity index (χ0v) is 70.5. The lowest BCUT2D eigenvalue weighted by Crippen LogP contribution is -2.32. The fourth-order valence-electron chi connectivity index (χ4n) is 16.9. The number of hydrogen-bond donors (Lipinski definition) is 0. The Kier molecular flexibility index (Phi) is 23.5. The molecule has 0 N–H and O–H groups in total. The van der Waals surface area contributed by atoms with Gasteiger partial charge in [-0.3, -0.25) is 0 Å². The van der Waals surface area contributed by atoms with Crippen molar-refractivity contribution >= 4 is 88.3 Å². The van der Waals surface area contributed by atoms with Crippen LogP contribution in [0.4, 0.5) is 0 Å². The van der Waals surface area contributed by atoms with Gasteiger partial charge in [0.25, 0.3) is 0 Å². The molecule has 0 aliphatic carbocycles. The minimum Gasteiger partial charge on any atom is -0.437 e. The highest BCUT2D eigenvalue weighted by Gasteiger charge is 2.29. The van der Waals surface area contributed by atoms with Gasteiger partial charge in [0.05, 0.1) is 22.3 Å². The first-order valence-electron chi connectivity index (χ1n) is 41.6. The van der Waals surface area contributed by atoms with Gasteiger partial charge in [0.15, 0.2) is 47.1 Å². The lowest BCUT2D eigenvalue weighted by Gasteiger charge is -2.16. The first-order chi connectivity index (χ1) is 54.3. The summed E-state index contributed by atoms with van der Waals surface area (Å²) in [5, 5.41) is 8.78. The van der Waals surface area contributed by atoms with E-state index in [1.165, 1.54) is 72.7 Å². The van der Waals surface area contributed by atoms with Crippen molar-refractivity contribution in [1.82, 2.24) is 19.9 Å². The molecule has 0 atom stereocenters. The molecule has 0 spiro atoms. The molecule has 12 heteroatoms. The third-order valence-electron chi connectivity index (χ3n) is 23.8. The van der Waals surface area contributed by atoms with E-state index in [2.05, 4.69) is 312 Å². The molecule has 0 aliphatic rings. The Morgan fingerprint density at radius 1 is 0.330 bits per heavy atom. The summed E-state index contributed by atoms with van der Waals surface area (Å²) in [5.41, 5.74) is 31.3. The van der Waals surface area contributed by atoms with Crippen LogP contribution in [-0.4, -0.2) is 19.9 Å². The first kappa shape index (κ1) is 78.0. The Balaban J connectivity index is 0.000000132. The Morgan fingerprint density at radius 3 is 1.03 bits per heavy atom. The zero-order valence-electron chi connectivity index (χ0n) is 71.5. The molecular weight excluding hydrogens is 1380 g/mol. The van der Waals surface area contributed by atoms with Crippen LogP contribution in [0, 0.1) is 48.5 Å². The topological polar surface area (TPSA) is 120 Å². The van der Waals surface area contributed by atoms with Crippen molar-refractivity contribution in [2.75, 3.05) is 0 Å². The summed E-state index contributed by atoms with van der Waals surface area (Å²) in [6, 6.07) is 50.0. The van der Waals surface area contributed by atoms with E-state index in [0.29, 0.717) is 29.4 Å². The van der Waals surface area contributed by atoms with Crippen LogP contribution in [0.25, 0.3) is 133 Å². The van der Waals surface area contributed by atoms with Crippen molar-refractivity contribution < 1.29 is 37.3 Å². The van der Waals surface area contributed by atoms with E-state index in [1.807, 2.05) is 33.0 Å². The highest BCUT2D eigenvalue weighted by molar-refractivity contribution is 6.12. The number of aromatic nitrogens is 8. The minimum atomic E-state index is -0.572. The molecule has 16 rings (SSSR count). The Hall–Kier alpha value is -10.7. The van der Waals surface area contributed by atoms with Gasteiger partial charge in [0.1, 0.15) is 28.2 Å². The molecule has 16 aromatic rings. The summed E-state index contributed by atoms with van der Waals surface area (Å²) in [6.07, 6.45) is 18.1. The van der Waals surface area contributed by atoms with Crippen LogP contribution in [0.3, 0.4) is 0 Å². The highest BCUT2D eigenvalue weighted by atomic mass is 16.4. The SMILES string of the molecule is CCC(CC)c1cc(-c2c(C)ccc3c2oc2nc(C)ccc23)[n+](C)cc1C.CCC(CC)c1cc[n+](C)c(-c2c(C)ccc3c2oc2nc(C(C)C)ccc23)c1.CCc1ccc2c(n1)oc1c(-c3cc(C(CC)CC)cc[n+]3C)c(C)ccc12.[2H]C(CC)(CC)c1cc[n+](C)c(-c2c(C)ccc3c2oc2nc(C)ccc23)c1. The number of fused-ring (bicyclic) bond motifs is 12. The summed E-state index contributed by atoms with van der Waals surface area (Å²) in [5.74, 6) is 1.56. The maximum Gasteiger partial charge on any atom is 0.227 e. The van der Waals surface area contributed by atoms with Gasteiger partial charge >= 0.3 is 0 Å². The van der Waals surface area contributed by atoms with Crippen molar-refractivity contribution in [1.29, 1.82) is 0 Å². The van der Waals surface area contributed by atoms with Gasteiger partial charge in [-0.05, 0) is 229 Å². The fraction of sp³-hybridized carbons (Fsp3) is 0.360. The molecular formula is C100H116N8O4+4. The van der Waals surface area contributed by atoms with Crippen LogP contribution in [-0.2, 0) is 34.6 Å². The molecule has 0 saturated heterocycles. The molecule has 0 bridgehead atoms. The zero-order chi connectivity index (χ0) is 80.6. The maximum absolute atomic E-state index is 8.87. The van der Waals surface area contributed by atoms with Crippen LogP contribution in [0.5, 0.6) is 0 Å². The van der Waals surface area contributed by atoms with Crippen LogP contribution in [0.15, 0.2) is 182 Å². The minimum absolute atomic E-state index is 0.378. The Bertz CT molecular complexity index is 6210. The molecule has 0 saturated carbocycles. The predicted molar refractivity (Wildman–Crippen MR) is 462 cm³/mol. The molecule has 0 unspecified atom stereocenters. The predicted octanol–water partition coefficient (Wildman–Crippen LogP) is 25.3. The van der Waals surface area contributed by atoms with Crippen LogP contribution >= 0.6 is 0 Å². The van der Waals surface area contributed by atoms with Gasteiger partial charge in [0, 0.05) is 115 Å². The number of rotatable bonds is 18. The molecule has 0 amide bonds. The summed E-state index contributed by atoms with van der Waals surface area (Å²) >= 11 is 0. The first-order valence-corrected chi connectivity index (χ1v) is 41.1. The average Bonchev–Trinajstić information content (AvgIpc) is 1.64. The quantitative estimate of drug-likeness (QED) is 0.0779. The highest BCUT2D eigenvalue weighted by Crippen LogP contribution is 2.43. The number of pyridine rings is 8. The van der Waals surface area contributed by atoms with Gasteiger partial charge in [-0.25, -0.2) is 38.2 Å². The second-order valence-electron chi connectivity index (χ2n) is 31.4. The summed E-state index contributed by atoms with van der Waals surface area (Å²) in [4.78, 5) is 18.7. The van der Waals surface area contributed by atoms with E-state index in [0.717, 1.165) is 186 Å². The smallest absolute Gasteiger partial charge is 0.227 e. The van der Waals surface area contributed by atoms with Crippen molar-refractivity contribution in [3.63, 3.8) is 0 Å². The lowest BCUT2D eigenvalue weighted by atomic mass is 9.89. The second-order valence-corrected chi connectivity index (χ2v) is 31.4. The molecule has 12 nitrogen and oxygen atoms in total. The van der Waals surface area contributed by atoms with E-state index in [1.54, 1.807) is 0 Å². The van der Waals surface area contributed by atoms with Crippen molar-refractivity contribution in [2.24, 2.45) is 28.2 Å². The van der Waals surface area contributed by atoms with E-state index >= 15 is 0 Å². The third kappa shape index (κ3) is 15.3. The average molecular weight is 1500 g/mol. The lowest BCUT2D eigenvalue weighted by molar-refractivity contribution is -0.660. The number of hydrogen-bond acceptors (Lipinski definition) is 8. The van der Waals surface area contributed by atoms with Crippen LogP contribution in [0.2, 0.25) is 0 Å². The van der Waals surface area contributed by atoms with Crippen molar-refractivity contribution in [3.05, 3.63) is 237 Å². The summed E-state index contributed by atoms with van der Waals surface area (Å²) < 4.78 is 42.9. The standard InChI is InChI=1S/C26H31N2O.2C25H29N2O.C24H27N2O/c1-7-18(8-2)19-13-14-28(6)23(15-19)24-17(5)9-10-20-21-11-12-22(16(3)4)27-26(21)29-25(20)24;1-7-18(8-2)21-13-22(27(6)14-16(21)4)23-15(3)9-11-19-20-12-10-17(5)26-25(20)28-24(19)23;1-6-17(7-2)18-13-14-27(5)22(15-18)23-16(4)9-11-20-21-12-10-19(8-3)26-25(21)28-24(20)23;1-6-17(7-2)18-12-13-26(5)21(14-18)22-15(3)8-10-19-20-11-9-16(4)25-24(20)27-23(19)22/h9-16,18H,7-8H2,1-6H3;9-14,18H,7-8H2,1-6H3;9-15,17H,6-8H2,1-5H3;8-14,17H,6-7H2,1-5H3/q4*+1/i;;;17D. The second kappa shape index (κ2) is 33.7. The van der Waals surface area contributed by atoms with E-state index < -0.39 is 5.89 Å². The molecule has 576 valence electrons. The third-order valence-corrected chi connectivity index (χ3v) is 23.8.